The lowest BCUT2D eigenvalue weighted by Gasteiger charge is -2.18. The number of benzene rings is 2. The highest BCUT2D eigenvalue weighted by molar-refractivity contribution is 5.75. The third kappa shape index (κ3) is 3.74. The van der Waals surface area contributed by atoms with E-state index in [1.807, 2.05) is 12.1 Å². The van der Waals surface area contributed by atoms with E-state index in [1.165, 1.54) is 15.8 Å². The highest BCUT2D eigenvalue weighted by atomic mass is 16.5. The van der Waals surface area contributed by atoms with Crippen LogP contribution < -0.4 is 10.1 Å². The Morgan fingerprint density at radius 3 is 2.81 bits per heavy atom. The highest BCUT2D eigenvalue weighted by Crippen LogP contribution is 2.30. The van der Waals surface area contributed by atoms with Gasteiger partial charge in [-0.25, -0.2) is 4.68 Å². The minimum atomic E-state index is -0.0886. The molecule has 26 heavy (non-hydrogen) atoms. The van der Waals surface area contributed by atoms with Gasteiger partial charge < -0.3 is 10.1 Å². The highest BCUT2D eigenvalue weighted by Gasteiger charge is 2.11. The number of hydrogen-bond acceptors (Lipinski definition) is 4. The van der Waals surface area contributed by atoms with E-state index < -0.39 is 0 Å². The molecule has 0 bridgehead atoms. The normalized spacial score (nSPS) is 12.9. The van der Waals surface area contributed by atoms with Crippen molar-refractivity contribution in [3.8, 4) is 16.9 Å². The van der Waals surface area contributed by atoms with Crippen LogP contribution in [0.2, 0.25) is 0 Å². The number of nitrogens with one attached hydrogen (secondary N) is 1. The smallest absolute Gasteiger partial charge is 0.242 e. The van der Waals surface area contributed by atoms with Crippen molar-refractivity contribution in [1.29, 1.82) is 0 Å². The molecule has 0 radical (unpaired) electrons. The van der Waals surface area contributed by atoms with Crippen LogP contribution >= 0.6 is 0 Å². The molecule has 0 saturated heterocycles. The summed E-state index contributed by atoms with van der Waals surface area (Å²) in [6, 6.07) is 14.6. The molecule has 1 aliphatic rings. The second kappa shape index (κ2) is 7.39. The molecular formula is C20H20N4O2. The van der Waals surface area contributed by atoms with Crippen molar-refractivity contribution in [3.05, 3.63) is 66.0 Å². The predicted molar refractivity (Wildman–Crippen MR) is 97.6 cm³/mol. The van der Waals surface area contributed by atoms with Gasteiger partial charge in [-0.15, -0.1) is 5.10 Å². The summed E-state index contributed by atoms with van der Waals surface area (Å²) < 4.78 is 7.17. The van der Waals surface area contributed by atoms with Crippen molar-refractivity contribution in [2.24, 2.45) is 0 Å². The second-order valence-electron chi connectivity index (χ2n) is 6.35. The first kappa shape index (κ1) is 16.3. The summed E-state index contributed by atoms with van der Waals surface area (Å²) in [5.41, 5.74) is 4.69. The van der Waals surface area contributed by atoms with Crippen molar-refractivity contribution in [2.75, 3.05) is 6.61 Å². The molecule has 0 atom stereocenters. The summed E-state index contributed by atoms with van der Waals surface area (Å²) >= 11 is 0. The van der Waals surface area contributed by atoms with Crippen LogP contribution in [0.1, 0.15) is 17.5 Å². The fraction of sp³-hybridized carbons (Fsp3) is 0.250. The Bertz CT molecular complexity index is 889. The molecule has 0 unspecified atom stereocenters. The standard InChI is InChI=1S/C20H20N4O2/c25-20(14-24-10-9-22-23-24)21-13-15-3-5-16(6-4-15)17-7-8-19-18(12-17)2-1-11-26-19/h3-10,12H,1-2,11,13-14H2,(H,21,25). The third-order valence-electron chi connectivity index (χ3n) is 4.46. The number of aromatic nitrogens is 3. The average molecular weight is 348 g/mol. The van der Waals surface area contributed by atoms with Gasteiger partial charge in [0.1, 0.15) is 12.3 Å². The molecule has 6 nitrogen and oxygen atoms in total. The number of carbonyl (C=O) groups excluding carboxylic acids is 1. The first-order chi connectivity index (χ1) is 12.8. The van der Waals surface area contributed by atoms with E-state index >= 15 is 0 Å². The van der Waals surface area contributed by atoms with Crippen LogP contribution in [0.15, 0.2) is 54.9 Å². The average Bonchev–Trinajstić information content (AvgIpc) is 3.19. The fourth-order valence-corrected chi connectivity index (χ4v) is 3.08. The van der Waals surface area contributed by atoms with Gasteiger partial charge in [-0.1, -0.05) is 35.5 Å². The number of amides is 1. The van der Waals surface area contributed by atoms with E-state index in [4.69, 9.17) is 4.74 Å². The lowest BCUT2D eigenvalue weighted by molar-refractivity contribution is -0.122. The van der Waals surface area contributed by atoms with E-state index in [0.29, 0.717) is 6.54 Å². The molecule has 0 aliphatic carbocycles. The first-order valence-electron chi connectivity index (χ1n) is 8.74. The second-order valence-corrected chi connectivity index (χ2v) is 6.35. The number of rotatable bonds is 5. The zero-order chi connectivity index (χ0) is 17.8. The lowest BCUT2D eigenvalue weighted by atomic mass is 9.98. The van der Waals surface area contributed by atoms with Gasteiger partial charge in [-0.05, 0) is 47.2 Å². The van der Waals surface area contributed by atoms with Crippen LogP contribution in [0.4, 0.5) is 0 Å². The summed E-state index contributed by atoms with van der Waals surface area (Å²) in [5, 5.41) is 10.4. The predicted octanol–water partition coefficient (Wildman–Crippen LogP) is 2.59. The molecule has 0 saturated carbocycles. The lowest BCUT2D eigenvalue weighted by Crippen LogP contribution is -2.27. The minimum Gasteiger partial charge on any atom is -0.493 e. The summed E-state index contributed by atoms with van der Waals surface area (Å²) in [4.78, 5) is 11.9. The zero-order valence-corrected chi connectivity index (χ0v) is 14.4. The maximum atomic E-state index is 11.9. The number of nitrogens with zero attached hydrogens (tertiary/aromatic N) is 3. The Kier molecular flexibility index (Phi) is 4.64. The van der Waals surface area contributed by atoms with Crippen molar-refractivity contribution in [2.45, 2.75) is 25.9 Å². The van der Waals surface area contributed by atoms with Crippen LogP contribution in [-0.2, 0) is 24.3 Å². The number of aryl methyl sites for hydroxylation is 1. The molecular weight excluding hydrogens is 328 g/mol. The van der Waals surface area contributed by atoms with Crippen LogP contribution in [0.25, 0.3) is 11.1 Å². The largest absolute Gasteiger partial charge is 0.493 e. The van der Waals surface area contributed by atoms with Crippen LogP contribution in [0.3, 0.4) is 0 Å². The quantitative estimate of drug-likeness (QED) is 0.769. The Labute approximate surface area is 151 Å². The molecule has 0 spiro atoms. The van der Waals surface area contributed by atoms with Gasteiger partial charge in [0.25, 0.3) is 0 Å². The minimum absolute atomic E-state index is 0.0886. The maximum absolute atomic E-state index is 11.9. The summed E-state index contributed by atoms with van der Waals surface area (Å²) in [6.07, 6.45) is 5.36. The molecule has 3 aromatic rings. The van der Waals surface area contributed by atoms with Crippen LogP contribution in [0.5, 0.6) is 5.75 Å². The molecule has 132 valence electrons. The van der Waals surface area contributed by atoms with Crippen LogP contribution in [-0.4, -0.2) is 27.5 Å². The Hall–Kier alpha value is -3.15. The third-order valence-corrected chi connectivity index (χ3v) is 4.46. The zero-order valence-electron chi connectivity index (χ0n) is 14.4. The number of carbonyl (C=O) groups is 1. The summed E-state index contributed by atoms with van der Waals surface area (Å²) in [6.45, 7) is 1.48. The van der Waals surface area contributed by atoms with E-state index in [0.717, 1.165) is 36.3 Å². The maximum Gasteiger partial charge on any atom is 0.242 e. The monoisotopic (exact) mass is 348 g/mol. The first-order valence-corrected chi connectivity index (χ1v) is 8.74. The van der Waals surface area contributed by atoms with Gasteiger partial charge in [0.15, 0.2) is 0 Å². The van der Waals surface area contributed by atoms with Crippen LogP contribution in [0, 0.1) is 0 Å². The number of ether oxygens (including phenoxy) is 1. The van der Waals surface area contributed by atoms with E-state index in [1.54, 1.807) is 12.4 Å². The van der Waals surface area contributed by atoms with E-state index in [9.17, 15) is 4.79 Å². The van der Waals surface area contributed by atoms with E-state index in [2.05, 4.69) is 46.0 Å². The summed E-state index contributed by atoms with van der Waals surface area (Å²) in [7, 11) is 0. The molecule has 1 aliphatic heterocycles. The molecule has 2 aromatic carbocycles. The molecule has 1 N–H and O–H groups in total. The van der Waals surface area contributed by atoms with Crippen molar-refractivity contribution in [3.63, 3.8) is 0 Å². The molecule has 0 fully saturated rings. The molecule has 6 heteroatoms. The summed E-state index contributed by atoms with van der Waals surface area (Å²) in [5.74, 6) is 0.918. The Morgan fingerprint density at radius 1 is 1.15 bits per heavy atom. The van der Waals surface area contributed by atoms with Gasteiger partial charge in [0.05, 0.1) is 12.8 Å². The van der Waals surface area contributed by atoms with Gasteiger partial charge in [-0.2, -0.15) is 0 Å². The number of hydrogen-bond donors (Lipinski definition) is 1. The van der Waals surface area contributed by atoms with Crippen molar-refractivity contribution < 1.29 is 9.53 Å². The molecule has 2 heterocycles. The van der Waals surface area contributed by atoms with Gasteiger partial charge in [0, 0.05) is 12.7 Å². The van der Waals surface area contributed by atoms with Crippen molar-refractivity contribution in [1.82, 2.24) is 20.3 Å². The SMILES string of the molecule is O=C(Cn1ccnn1)NCc1ccc(-c2ccc3c(c2)CCCO3)cc1. The van der Waals surface area contributed by atoms with Gasteiger partial charge in [0.2, 0.25) is 5.91 Å². The topological polar surface area (TPSA) is 69.0 Å². The van der Waals surface area contributed by atoms with E-state index in [-0.39, 0.29) is 12.5 Å². The van der Waals surface area contributed by atoms with Gasteiger partial charge in [-0.3, -0.25) is 4.79 Å². The molecule has 4 rings (SSSR count). The molecule has 1 aromatic heterocycles. The number of fused-ring (bicyclic) bond motifs is 1. The Balaban J connectivity index is 1.38. The van der Waals surface area contributed by atoms with Gasteiger partial charge >= 0.3 is 0 Å². The molecule has 1 amide bonds. The van der Waals surface area contributed by atoms with Crippen molar-refractivity contribution >= 4 is 5.91 Å². The fourth-order valence-electron chi connectivity index (χ4n) is 3.08. The Morgan fingerprint density at radius 2 is 2.00 bits per heavy atom.